The van der Waals surface area contributed by atoms with E-state index >= 15 is 0 Å². The number of nitrogens with one attached hydrogen (secondary N) is 1. The largest absolute Gasteiger partial charge is 0.497 e. The molecule has 1 aromatic carbocycles. The van der Waals surface area contributed by atoms with E-state index < -0.39 is 0 Å². The maximum absolute atomic E-state index is 13.1. The van der Waals surface area contributed by atoms with Gasteiger partial charge in [0.15, 0.2) is 0 Å². The van der Waals surface area contributed by atoms with Gasteiger partial charge >= 0.3 is 0 Å². The molecule has 1 aliphatic heterocycles. The van der Waals surface area contributed by atoms with E-state index in [2.05, 4.69) is 21.4 Å². The highest BCUT2D eigenvalue weighted by molar-refractivity contribution is 5.94. The van der Waals surface area contributed by atoms with Crippen LogP contribution < -0.4 is 10.1 Å². The van der Waals surface area contributed by atoms with Crippen LogP contribution in [0.3, 0.4) is 0 Å². The van der Waals surface area contributed by atoms with Gasteiger partial charge in [0.25, 0.3) is 5.91 Å². The number of rotatable bonds is 5. The fourth-order valence-corrected chi connectivity index (χ4v) is 4.23. The Morgan fingerprint density at radius 2 is 1.78 bits per heavy atom. The highest BCUT2D eigenvalue weighted by Crippen LogP contribution is 2.29. The summed E-state index contributed by atoms with van der Waals surface area (Å²) in [6.45, 7) is 7.29. The van der Waals surface area contributed by atoms with Crippen molar-refractivity contribution < 1.29 is 9.53 Å². The number of carbonyl (C=O) groups is 1. The first kappa shape index (κ1) is 21.7. The Kier molecular flexibility index (Phi) is 6.35. The van der Waals surface area contributed by atoms with E-state index in [9.17, 15) is 4.79 Å². The molecule has 1 saturated heterocycles. The molecule has 1 N–H and O–H groups in total. The van der Waals surface area contributed by atoms with Crippen LogP contribution in [-0.4, -0.2) is 46.0 Å². The molecule has 1 amide bonds. The Labute approximate surface area is 188 Å². The molecule has 4 rings (SSSR count). The fraction of sp³-hybridized carbons (Fsp3) is 0.360. The molecular formula is C25H29N5O2. The van der Waals surface area contributed by atoms with Gasteiger partial charge in [-0.1, -0.05) is 6.07 Å². The van der Waals surface area contributed by atoms with Crippen molar-refractivity contribution in [1.29, 1.82) is 0 Å². The smallest absolute Gasteiger partial charge is 0.254 e. The SMILES string of the molecule is COc1cccc(C(=O)N2CCCC(c3cc(Nc4nc(C)cc(C)n4)cc(C)n3)C2)c1. The third-order valence-corrected chi connectivity index (χ3v) is 5.66. The van der Waals surface area contributed by atoms with Crippen molar-refractivity contribution in [3.63, 3.8) is 0 Å². The summed E-state index contributed by atoms with van der Waals surface area (Å²) in [6.07, 6.45) is 1.94. The third-order valence-electron chi connectivity index (χ3n) is 5.66. The van der Waals surface area contributed by atoms with Gasteiger partial charge in [0.1, 0.15) is 5.75 Å². The maximum Gasteiger partial charge on any atom is 0.254 e. The zero-order chi connectivity index (χ0) is 22.7. The minimum absolute atomic E-state index is 0.0308. The molecule has 166 valence electrons. The van der Waals surface area contributed by atoms with Crippen molar-refractivity contribution in [3.8, 4) is 5.75 Å². The van der Waals surface area contributed by atoms with Crippen LogP contribution >= 0.6 is 0 Å². The van der Waals surface area contributed by atoms with Crippen LogP contribution in [-0.2, 0) is 0 Å². The van der Waals surface area contributed by atoms with Gasteiger partial charge < -0.3 is 15.0 Å². The van der Waals surface area contributed by atoms with E-state index in [1.165, 1.54) is 0 Å². The first-order chi connectivity index (χ1) is 15.4. The average Bonchev–Trinajstić information content (AvgIpc) is 2.77. The van der Waals surface area contributed by atoms with Gasteiger partial charge in [-0.3, -0.25) is 9.78 Å². The molecule has 0 spiro atoms. The molecule has 1 aliphatic rings. The predicted molar refractivity (Wildman–Crippen MR) is 125 cm³/mol. The molecule has 7 nitrogen and oxygen atoms in total. The number of methoxy groups -OCH3 is 1. The summed E-state index contributed by atoms with van der Waals surface area (Å²) in [5.41, 5.74) is 5.31. The normalized spacial score (nSPS) is 16.0. The van der Waals surface area contributed by atoms with E-state index in [-0.39, 0.29) is 11.8 Å². The molecule has 0 saturated carbocycles. The highest BCUT2D eigenvalue weighted by atomic mass is 16.5. The van der Waals surface area contributed by atoms with Gasteiger partial charge in [-0.15, -0.1) is 0 Å². The second kappa shape index (κ2) is 9.34. The number of ether oxygens (including phenoxy) is 1. The number of aromatic nitrogens is 3. The first-order valence-electron chi connectivity index (χ1n) is 10.9. The monoisotopic (exact) mass is 431 g/mol. The van der Waals surface area contributed by atoms with Crippen molar-refractivity contribution in [2.75, 3.05) is 25.5 Å². The van der Waals surface area contributed by atoms with Crippen LogP contribution in [0, 0.1) is 20.8 Å². The topological polar surface area (TPSA) is 80.2 Å². The molecule has 3 aromatic rings. The number of amides is 1. The van der Waals surface area contributed by atoms with Crippen molar-refractivity contribution in [1.82, 2.24) is 19.9 Å². The lowest BCUT2D eigenvalue weighted by Gasteiger charge is -2.33. The quantitative estimate of drug-likeness (QED) is 0.637. The Balaban J connectivity index is 1.53. The zero-order valence-corrected chi connectivity index (χ0v) is 19.1. The summed E-state index contributed by atoms with van der Waals surface area (Å²) in [7, 11) is 1.61. The number of nitrogens with zero attached hydrogens (tertiary/aromatic N) is 4. The van der Waals surface area contributed by atoms with Crippen LogP contribution in [0.5, 0.6) is 5.75 Å². The summed E-state index contributed by atoms with van der Waals surface area (Å²) in [4.78, 5) is 28.8. The Morgan fingerprint density at radius 3 is 2.53 bits per heavy atom. The molecule has 2 aromatic heterocycles. The Morgan fingerprint density at radius 1 is 1.03 bits per heavy atom. The van der Waals surface area contributed by atoms with Gasteiger partial charge in [-0.05, 0) is 70.0 Å². The fourth-order valence-electron chi connectivity index (χ4n) is 4.23. The summed E-state index contributed by atoms with van der Waals surface area (Å²) < 4.78 is 5.27. The Bertz CT molecular complexity index is 1110. The number of pyridine rings is 1. The second-order valence-electron chi connectivity index (χ2n) is 8.34. The van der Waals surface area contributed by atoms with Crippen LogP contribution in [0.1, 0.15) is 51.9 Å². The van der Waals surface area contributed by atoms with Crippen LogP contribution in [0.15, 0.2) is 42.5 Å². The number of benzene rings is 1. The van der Waals surface area contributed by atoms with Gasteiger partial charge in [-0.25, -0.2) is 9.97 Å². The van der Waals surface area contributed by atoms with Gasteiger partial charge in [0, 0.05) is 53.0 Å². The molecule has 0 bridgehead atoms. The van der Waals surface area contributed by atoms with E-state index in [1.54, 1.807) is 13.2 Å². The lowest BCUT2D eigenvalue weighted by Crippen LogP contribution is -2.39. The zero-order valence-electron chi connectivity index (χ0n) is 19.1. The van der Waals surface area contributed by atoms with Gasteiger partial charge in [-0.2, -0.15) is 0 Å². The number of hydrogen-bond acceptors (Lipinski definition) is 6. The molecule has 3 heterocycles. The van der Waals surface area contributed by atoms with E-state index in [0.717, 1.165) is 47.8 Å². The number of carbonyl (C=O) groups excluding carboxylic acids is 1. The number of aryl methyl sites for hydroxylation is 3. The minimum Gasteiger partial charge on any atom is -0.497 e. The van der Waals surface area contributed by atoms with Crippen molar-refractivity contribution in [2.24, 2.45) is 0 Å². The standard InChI is InChI=1S/C25H29N5O2/c1-16-11-17(2)28-25(27-16)29-21-12-18(3)26-23(14-21)20-8-6-10-30(15-20)24(31)19-7-5-9-22(13-19)32-4/h5,7,9,11-14,20H,6,8,10,15H2,1-4H3,(H,26,27,28,29). The lowest BCUT2D eigenvalue weighted by atomic mass is 9.93. The molecule has 0 radical (unpaired) electrons. The predicted octanol–water partition coefficient (Wildman–Crippen LogP) is 4.57. The molecular weight excluding hydrogens is 402 g/mol. The van der Waals surface area contributed by atoms with Crippen molar-refractivity contribution in [2.45, 2.75) is 39.5 Å². The summed E-state index contributed by atoms with van der Waals surface area (Å²) in [6, 6.07) is 13.3. The van der Waals surface area contributed by atoms with Crippen molar-refractivity contribution in [3.05, 3.63) is 70.8 Å². The van der Waals surface area contributed by atoms with Crippen LogP contribution in [0.2, 0.25) is 0 Å². The van der Waals surface area contributed by atoms with E-state index in [4.69, 9.17) is 9.72 Å². The lowest BCUT2D eigenvalue weighted by molar-refractivity contribution is 0.0705. The van der Waals surface area contributed by atoms with Crippen LogP contribution in [0.25, 0.3) is 0 Å². The highest BCUT2D eigenvalue weighted by Gasteiger charge is 2.27. The molecule has 7 heteroatoms. The summed E-state index contributed by atoms with van der Waals surface area (Å²) in [5, 5.41) is 3.32. The van der Waals surface area contributed by atoms with Gasteiger partial charge in [0.05, 0.1) is 7.11 Å². The average molecular weight is 432 g/mol. The number of anilines is 2. The number of piperidine rings is 1. The molecule has 1 fully saturated rings. The molecule has 1 atom stereocenters. The number of likely N-dealkylation sites (tertiary alicyclic amines) is 1. The molecule has 0 aliphatic carbocycles. The number of hydrogen-bond donors (Lipinski definition) is 1. The minimum atomic E-state index is 0.0308. The maximum atomic E-state index is 13.1. The van der Waals surface area contributed by atoms with Gasteiger partial charge in [0.2, 0.25) is 5.95 Å². The molecule has 1 unspecified atom stereocenters. The van der Waals surface area contributed by atoms with Crippen molar-refractivity contribution >= 4 is 17.5 Å². The first-order valence-corrected chi connectivity index (χ1v) is 10.9. The molecule has 32 heavy (non-hydrogen) atoms. The summed E-state index contributed by atoms with van der Waals surface area (Å²) in [5.74, 6) is 1.48. The Hall–Kier alpha value is -3.48. The third kappa shape index (κ3) is 5.04. The van der Waals surface area contributed by atoms with Crippen LogP contribution in [0.4, 0.5) is 11.6 Å². The summed E-state index contributed by atoms with van der Waals surface area (Å²) >= 11 is 0. The van der Waals surface area contributed by atoms with E-state index in [1.807, 2.05) is 56.0 Å². The second-order valence-corrected chi connectivity index (χ2v) is 8.34. The van der Waals surface area contributed by atoms with E-state index in [0.29, 0.717) is 23.8 Å².